The minimum absolute atomic E-state index is 0. The number of piperazine rings is 1. The molecule has 0 saturated carbocycles. The van der Waals surface area contributed by atoms with E-state index in [2.05, 4.69) is 10.3 Å². The summed E-state index contributed by atoms with van der Waals surface area (Å²) in [6, 6.07) is 3.79. The number of nitrogens with zero attached hydrogens (tertiary/aromatic N) is 2. The number of likely N-dealkylation sites (tertiary alicyclic amines) is 1. The zero-order chi connectivity index (χ0) is 13.9. The van der Waals surface area contributed by atoms with Crippen LogP contribution in [0.1, 0.15) is 23.3 Å². The summed E-state index contributed by atoms with van der Waals surface area (Å²) in [5.41, 5.74) is 0.622. The number of rotatable bonds is 2. The fourth-order valence-corrected chi connectivity index (χ4v) is 3.03. The standard InChI is InChI=1S/C14H20N4O2.ClH/c19-13-9-15-6-8-18(13)11-3-2-7-17(10-11)14(20)12-4-1-5-16-12;/h1,4-5,11,15-16H,2-3,6-10H2;1H. The molecule has 7 heteroatoms. The molecule has 6 nitrogen and oxygen atoms in total. The lowest BCUT2D eigenvalue weighted by molar-refractivity contribution is -0.135. The summed E-state index contributed by atoms with van der Waals surface area (Å²) in [6.07, 6.45) is 3.70. The first-order chi connectivity index (χ1) is 9.75. The largest absolute Gasteiger partial charge is 0.357 e. The molecule has 2 amide bonds. The van der Waals surface area contributed by atoms with Crippen LogP contribution in [0.25, 0.3) is 0 Å². The van der Waals surface area contributed by atoms with Crippen molar-refractivity contribution in [2.24, 2.45) is 0 Å². The fraction of sp³-hybridized carbons (Fsp3) is 0.571. The van der Waals surface area contributed by atoms with Gasteiger partial charge in [0.2, 0.25) is 5.91 Å². The highest BCUT2D eigenvalue weighted by Crippen LogP contribution is 2.18. The third-order valence-corrected chi connectivity index (χ3v) is 4.08. The van der Waals surface area contributed by atoms with Crippen molar-refractivity contribution < 1.29 is 9.59 Å². The second-order valence-corrected chi connectivity index (χ2v) is 5.39. The number of nitrogens with one attached hydrogen (secondary N) is 2. The summed E-state index contributed by atoms with van der Waals surface area (Å²) < 4.78 is 0. The molecule has 2 aliphatic heterocycles. The summed E-state index contributed by atoms with van der Waals surface area (Å²) in [4.78, 5) is 31.0. The lowest BCUT2D eigenvalue weighted by Crippen LogP contribution is -2.57. The van der Waals surface area contributed by atoms with E-state index in [1.165, 1.54) is 0 Å². The van der Waals surface area contributed by atoms with Crippen LogP contribution in [0.5, 0.6) is 0 Å². The molecule has 116 valence electrons. The molecule has 1 aromatic heterocycles. The van der Waals surface area contributed by atoms with Crippen molar-refractivity contribution in [1.29, 1.82) is 0 Å². The number of hydrogen-bond donors (Lipinski definition) is 2. The van der Waals surface area contributed by atoms with E-state index in [-0.39, 0.29) is 30.3 Å². The fourth-order valence-electron chi connectivity index (χ4n) is 3.03. The Morgan fingerprint density at radius 1 is 1.33 bits per heavy atom. The normalized spacial score (nSPS) is 22.9. The van der Waals surface area contributed by atoms with Crippen LogP contribution in [0, 0.1) is 0 Å². The van der Waals surface area contributed by atoms with Crippen LogP contribution in [0.15, 0.2) is 18.3 Å². The smallest absolute Gasteiger partial charge is 0.270 e. The molecule has 1 unspecified atom stereocenters. The molecule has 1 atom stereocenters. The molecule has 0 aliphatic carbocycles. The van der Waals surface area contributed by atoms with Gasteiger partial charge in [-0.15, -0.1) is 12.4 Å². The van der Waals surface area contributed by atoms with Crippen molar-refractivity contribution >= 4 is 24.2 Å². The Kier molecular flexibility index (Phi) is 5.25. The van der Waals surface area contributed by atoms with E-state index in [4.69, 9.17) is 0 Å². The summed E-state index contributed by atoms with van der Waals surface area (Å²) in [6.45, 7) is 3.42. The van der Waals surface area contributed by atoms with Gasteiger partial charge in [-0.2, -0.15) is 0 Å². The molecule has 3 rings (SSSR count). The minimum Gasteiger partial charge on any atom is -0.357 e. The van der Waals surface area contributed by atoms with Crippen LogP contribution in [-0.2, 0) is 4.79 Å². The second kappa shape index (κ2) is 6.95. The van der Waals surface area contributed by atoms with E-state index < -0.39 is 0 Å². The van der Waals surface area contributed by atoms with E-state index >= 15 is 0 Å². The molecule has 0 aromatic carbocycles. The van der Waals surface area contributed by atoms with Gasteiger partial charge in [-0.25, -0.2) is 0 Å². The molecule has 0 spiro atoms. The Labute approximate surface area is 130 Å². The molecule has 2 N–H and O–H groups in total. The van der Waals surface area contributed by atoms with Crippen LogP contribution >= 0.6 is 12.4 Å². The van der Waals surface area contributed by atoms with Crippen LogP contribution in [0.4, 0.5) is 0 Å². The SMILES string of the molecule is Cl.O=C(c1ccc[nH]1)N1CCCC(N2CCNCC2=O)C1. The average Bonchev–Trinajstić information content (AvgIpc) is 3.01. The highest BCUT2D eigenvalue weighted by atomic mass is 35.5. The molecule has 2 aliphatic rings. The number of hydrogen-bond acceptors (Lipinski definition) is 3. The van der Waals surface area contributed by atoms with Crippen molar-refractivity contribution in [2.45, 2.75) is 18.9 Å². The van der Waals surface area contributed by atoms with Crippen LogP contribution in [0.2, 0.25) is 0 Å². The Morgan fingerprint density at radius 2 is 2.19 bits per heavy atom. The predicted molar refractivity (Wildman–Crippen MR) is 81.5 cm³/mol. The summed E-state index contributed by atoms with van der Waals surface area (Å²) in [5.74, 6) is 0.178. The number of aromatic nitrogens is 1. The monoisotopic (exact) mass is 312 g/mol. The van der Waals surface area contributed by atoms with Gasteiger partial charge in [0.25, 0.3) is 5.91 Å². The zero-order valence-corrected chi connectivity index (χ0v) is 12.7. The summed E-state index contributed by atoms with van der Waals surface area (Å²) >= 11 is 0. The van der Waals surface area contributed by atoms with Crippen molar-refractivity contribution in [3.63, 3.8) is 0 Å². The number of piperidine rings is 1. The molecule has 1 aromatic rings. The number of carbonyl (C=O) groups is 2. The minimum atomic E-state index is 0. The third-order valence-electron chi connectivity index (χ3n) is 4.08. The first-order valence-corrected chi connectivity index (χ1v) is 7.18. The van der Waals surface area contributed by atoms with Gasteiger partial charge < -0.3 is 20.1 Å². The van der Waals surface area contributed by atoms with Gasteiger partial charge in [0.05, 0.1) is 6.54 Å². The van der Waals surface area contributed by atoms with Crippen LogP contribution in [0.3, 0.4) is 0 Å². The zero-order valence-electron chi connectivity index (χ0n) is 11.9. The van der Waals surface area contributed by atoms with Gasteiger partial charge in [0.1, 0.15) is 5.69 Å². The van der Waals surface area contributed by atoms with Crippen molar-refractivity contribution in [3.05, 3.63) is 24.0 Å². The number of amides is 2. The lowest BCUT2D eigenvalue weighted by Gasteiger charge is -2.41. The topological polar surface area (TPSA) is 68.4 Å². The van der Waals surface area contributed by atoms with Gasteiger partial charge in [-0.1, -0.05) is 0 Å². The number of H-pyrrole nitrogens is 1. The molecule has 21 heavy (non-hydrogen) atoms. The summed E-state index contributed by atoms with van der Waals surface area (Å²) in [5, 5.41) is 3.08. The number of aromatic amines is 1. The Morgan fingerprint density at radius 3 is 2.90 bits per heavy atom. The highest BCUT2D eigenvalue weighted by molar-refractivity contribution is 5.92. The van der Waals surface area contributed by atoms with Crippen molar-refractivity contribution in [1.82, 2.24) is 20.1 Å². The molecule has 0 radical (unpaired) electrons. The number of halogens is 1. The van der Waals surface area contributed by atoms with Gasteiger partial charge >= 0.3 is 0 Å². The van der Waals surface area contributed by atoms with Gasteiger partial charge in [0.15, 0.2) is 0 Å². The van der Waals surface area contributed by atoms with E-state index in [9.17, 15) is 9.59 Å². The summed E-state index contributed by atoms with van der Waals surface area (Å²) in [7, 11) is 0. The lowest BCUT2D eigenvalue weighted by atomic mass is 10.0. The highest BCUT2D eigenvalue weighted by Gasteiger charge is 2.31. The molecule has 3 heterocycles. The first kappa shape index (κ1) is 15.9. The predicted octanol–water partition coefficient (Wildman–Crippen LogP) is 0.473. The van der Waals surface area contributed by atoms with Crippen LogP contribution in [-0.4, -0.2) is 65.4 Å². The van der Waals surface area contributed by atoms with E-state index in [0.29, 0.717) is 18.8 Å². The van der Waals surface area contributed by atoms with Gasteiger partial charge in [-0.3, -0.25) is 9.59 Å². The Balaban J connectivity index is 0.00000161. The maximum atomic E-state index is 12.3. The second-order valence-electron chi connectivity index (χ2n) is 5.39. The molecule has 2 fully saturated rings. The average molecular weight is 313 g/mol. The molecular weight excluding hydrogens is 292 g/mol. The maximum absolute atomic E-state index is 12.3. The van der Waals surface area contributed by atoms with E-state index in [1.807, 2.05) is 15.9 Å². The van der Waals surface area contributed by atoms with Gasteiger partial charge in [-0.05, 0) is 25.0 Å². The Hall–Kier alpha value is -1.53. The molecule has 2 saturated heterocycles. The van der Waals surface area contributed by atoms with E-state index in [0.717, 1.165) is 32.5 Å². The van der Waals surface area contributed by atoms with Crippen molar-refractivity contribution in [2.75, 3.05) is 32.7 Å². The quantitative estimate of drug-likeness (QED) is 0.834. The third kappa shape index (κ3) is 3.39. The molecule has 0 bridgehead atoms. The van der Waals surface area contributed by atoms with Crippen molar-refractivity contribution in [3.8, 4) is 0 Å². The van der Waals surface area contributed by atoms with Crippen LogP contribution < -0.4 is 5.32 Å². The molecular formula is C14H21ClN4O2. The number of carbonyl (C=O) groups excluding carboxylic acids is 2. The van der Waals surface area contributed by atoms with E-state index in [1.54, 1.807) is 12.3 Å². The maximum Gasteiger partial charge on any atom is 0.270 e. The van der Waals surface area contributed by atoms with Gasteiger partial charge in [0, 0.05) is 38.4 Å². The Bertz CT molecular complexity index is 491. The first-order valence-electron chi connectivity index (χ1n) is 7.18.